The third kappa shape index (κ3) is 3.55. The van der Waals surface area contributed by atoms with Crippen molar-refractivity contribution >= 4 is 11.3 Å². The van der Waals surface area contributed by atoms with Gasteiger partial charge in [0.25, 0.3) is 0 Å². The number of aromatic hydroxyl groups is 1. The summed E-state index contributed by atoms with van der Waals surface area (Å²) in [6.07, 6.45) is -4.51. The molecule has 0 amide bonds. The third-order valence-electron chi connectivity index (χ3n) is 3.58. The predicted molar refractivity (Wildman–Crippen MR) is 89.4 cm³/mol. The number of hydrogen-bond acceptors (Lipinski definition) is 4. The van der Waals surface area contributed by atoms with Gasteiger partial charge in [-0.1, -0.05) is 52.9 Å². The first-order valence-corrected chi connectivity index (χ1v) is 8.32. The molecular weight excluding hydrogens is 337 g/mol. The van der Waals surface area contributed by atoms with Crippen LogP contribution in [0.2, 0.25) is 0 Å². The second-order valence-electron chi connectivity index (χ2n) is 7.79. The zero-order valence-electron chi connectivity index (χ0n) is 14.5. The van der Waals surface area contributed by atoms with Crippen molar-refractivity contribution in [3.63, 3.8) is 0 Å². The van der Waals surface area contributed by atoms with Gasteiger partial charge >= 0.3 is 6.18 Å². The van der Waals surface area contributed by atoms with Gasteiger partial charge in [0.15, 0.2) is 0 Å². The van der Waals surface area contributed by atoms with E-state index in [9.17, 15) is 18.3 Å². The zero-order valence-corrected chi connectivity index (χ0v) is 15.4. The topological polar surface area (TPSA) is 46.0 Å². The fourth-order valence-electron chi connectivity index (χ4n) is 2.75. The van der Waals surface area contributed by atoms with E-state index in [0.717, 1.165) is 11.1 Å². The molecule has 0 unspecified atom stereocenters. The second kappa shape index (κ2) is 5.72. The fraction of sp³-hybridized carbons (Fsp3) is 0.529. The number of rotatable bonds is 1. The number of aromatic nitrogens is 2. The highest BCUT2D eigenvalue weighted by molar-refractivity contribution is 7.14. The molecule has 0 saturated carbocycles. The molecule has 132 valence electrons. The van der Waals surface area contributed by atoms with Gasteiger partial charge in [0.2, 0.25) is 5.01 Å². The number of phenolic OH excluding ortho intramolecular Hbond substituents is 1. The molecule has 24 heavy (non-hydrogen) atoms. The van der Waals surface area contributed by atoms with Crippen LogP contribution in [0, 0.1) is 0 Å². The van der Waals surface area contributed by atoms with Crippen LogP contribution in [0.5, 0.6) is 5.75 Å². The first-order valence-electron chi connectivity index (χ1n) is 7.51. The third-order valence-corrected chi connectivity index (χ3v) is 4.58. The van der Waals surface area contributed by atoms with Crippen molar-refractivity contribution in [1.82, 2.24) is 10.2 Å². The van der Waals surface area contributed by atoms with Crippen LogP contribution < -0.4 is 0 Å². The predicted octanol–water partition coefficient (Wildman–Crippen LogP) is 5.52. The van der Waals surface area contributed by atoms with Gasteiger partial charge in [0, 0.05) is 11.1 Å². The Kier molecular flexibility index (Phi) is 4.46. The molecule has 0 fully saturated rings. The Morgan fingerprint density at radius 1 is 0.875 bits per heavy atom. The average Bonchev–Trinajstić information content (AvgIpc) is 2.84. The van der Waals surface area contributed by atoms with Crippen LogP contribution in [0.1, 0.15) is 57.7 Å². The van der Waals surface area contributed by atoms with Crippen molar-refractivity contribution < 1.29 is 18.3 Å². The lowest BCUT2D eigenvalue weighted by molar-refractivity contribution is -0.138. The van der Waals surface area contributed by atoms with Crippen LogP contribution in [0.15, 0.2) is 12.1 Å². The molecule has 0 saturated heterocycles. The normalized spacial score (nSPS) is 13.4. The van der Waals surface area contributed by atoms with E-state index in [2.05, 4.69) is 10.2 Å². The zero-order chi connectivity index (χ0) is 18.5. The fourth-order valence-corrected chi connectivity index (χ4v) is 3.50. The SMILES string of the molecule is CC(C)(C)c1c(O)ccc(-c2nnc(C(F)(F)F)s2)c1C(C)(C)C. The van der Waals surface area contributed by atoms with Crippen molar-refractivity contribution in [2.24, 2.45) is 0 Å². The van der Waals surface area contributed by atoms with Gasteiger partial charge in [0.05, 0.1) is 0 Å². The van der Waals surface area contributed by atoms with Gasteiger partial charge in [-0.15, -0.1) is 10.2 Å². The molecule has 3 nitrogen and oxygen atoms in total. The summed E-state index contributed by atoms with van der Waals surface area (Å²) < 4.78 is 38.6. The van der Waals surface area contributed by atoms with Crippen molar-refractivity contribution in [1.29, 1.82) is 0 Å². The van der Waals surface area contributed by atoms with E-state index in [0.29, 0.717) is 16.9 Å². The Morgan fingerprint density at radius 2 is 1.42 bits per heavy atom. The number of benzene rings is 1. The molecule has 0 aliphatic heterocycles. The maximum absolute atomic E-state index is 12.9. The van der Waals surface area contributed by atoms with Gasteiger partial charge in [-0.25, -0.2) is 0 Å². The summed E-state index contributed by atoms with van der Waals surface area (Å²) in [5.41, 5.74) is 1.33. The van der Waals surface area contributed by atoms with E-state index in [1.165, 1.54) is 6.07 Å². The Bertz CT molecular complexity index is 753. The Hall–Kier alpha value is -1.63. The van der Waals surface area contributed by atoms with Gasteiger partial charge in [-0.05, 0) is 28.5 Å². The molecule has 0 spiro atoms. The molecular formula is C17H21F3N2OS. The first-order chi connectivity index (χ1) is 10.7. The van der Waals surface area contributed by atoms with Crippen LogP contribution in [-0.4, -0.2) is 15.3 Å². The van der Waals surface area contributed by atoms with E-state index in [-0.39, 0.29) is 21.6 Å². The summed E-state index contributed by atoms with van der Waals surface area (Å²) in [5, 5.41) is 16.6. The number of nitrogens with zero attached hydrogens (tertiary/aromatic N) is 2. The van der Waals surface area contributed by atoms with Gasteiger partial charge in [-0.2, -0.15) is 13.2 Å². The van der Waals surface area contributed by atoms with Crippen molar-refractivity contribution in [2.45, 2.75) is 58.5 Å². The van der Waals surface area contributed by atoms with Crippen LogP contribution in [0.3, 0.4) is 0 Å². The van der Waals surface area contributed by atoms with Crippen LogP contribution in [0.25, 0.3) is 10.6 Å². The minimum Gasteiger partial charge on any atom is -0.508 e. The molecule has 0 radical (unpaired) electrons. The van der Waals surface area contributed by atoms with Crippen molar-refractivity contribution in [2.75, 3.05) is 0 Å². The summed E-state index contributed by atoms with van der Waals surface area (Å²) >= 11 is 0.520. The van der Waals surface area contributed by atoms with E-state index in [1.807, 2.05) is 41.5 Å². The highest BCUT2D eigenvalue weighted by atomic mass is 32.1. The van der Waals surface area contributed by atoms with Crippen molar-refractivity contribution in [3.05, 3.63) is 28.3 Å². The van der Waals surface area contributed by atoms with Crippen LogP contribution in [0.4, 0.5) is 13.2 Å². The van der Waals surface area contributed by atoms with E-state index >= 15 is 0 Å². The molecule has 0 aliphatic carbocycles. The van der Waals surface area contributed by atoms with Gasteiger partial charge < -0.3 is 5.11 Å². The number of alkyl halides is 3. The Balaban J connectivity index is 2.78. The van der Waals surface area contributed by atoms with Crippen LogP contribution >= 0.6 is 11.3 Å². The van der Waals surface area contributed by atoms with Gasteiger partial charge in [-0.3, -0.25) is 0 Å². The highest BCUT2D eigenvalue weighted by Crippen LogP contribution is 2.45. The lowest BCUT2D eigenvalue weighted by Gasteiger charge is -2.32. The molecule has 0 atom stereocenters. The summed E-state index contributed by atoms with van der Waals surface area (Å²) in [5.74, 6) is 0.136. The van der Waals surface area contributed by atoms with E-state index in [1.54, 1.807) is 6.07 Å². The summed E-state index contributed by atoms with van der Waals surface area (Å²) in [6, 6.07) is 3.13. The summed E-state index contributed by atoms with van der Waals surface area (Å²) in [6.45, 7) is 11.8. The average molecular weight is 358 g/mol. The number of phenols is 1. The smallest absolute Gasteiger partial charge is 0.445 e. The lowest BCUT2D eigenvalue weighted by Crippen LogP contribution is -2.23. The molecule has 1 heterocycles. The maximum Gasteiger partial charge on any atom is 0.445 e. The molecule has 1 N–H and O–H groups in total. The molecule has 0 bridgehead atoms. The minimum atomic E-state index is -4.51. The first kappa shape index (κ1) is 18.7. The second-order valence-corrected chi connectivity index (χ2v) is 8.77. The molecule has 1 aromatic heterocycles. The molecule has 0 aliphatic rings. The lowest BCUT2D eigenvalue weighted by atomic mass is 9.73. The van der Waals surface area contributed by atoms with Crippen LogP contribution in [-0.2, 0) is 17.0 Å². The number of hydrogen-bond donors (Lipinski definition) is 1. The summed E-state index contributed by atoms with van der Waals surface area (Å²) in [4.78, 5) is 0. The van der Waals surface area contributed by atoms with E-state index in [4.69, 9.17) is 0 Å². The maximum atomic E-state index is 12.9. The quantitative estimate of drug-likeness (QED) is 0.729. The van der Waals surface area contributed by atoms with E-state index < -0.39 is 11.2 Å². The van der Waals surface area contributed by atoms with Crippen molar-refractivity contribution in [3.8, 4) is 16.3 Å². The molecule has 1 aromatic carbocycles. The van der Waals surface area contributed by atoms with Gasteiger partial charge in [0.1, 0.15) is 10.8 Å². The molecule has 7 heteroatoms. The summed E-state index contributed by atoms with van der Waals surface area (Å²) in [7, 11) is 0. The highest BCUT2D eigenvalue weighted by Gasteiger charge is 2.37. The Labute approximate surface area is 143 Å². The Morgan fingerprint density at radius 3 is 1.83 bits per heavy atom. The largest absolute Gasteiger partial charge is 0.508 e. The number of halogens is 3. The monoisotopic (exact) mass is 358 g/mol. The standard InChI is InChI=1S/C17H21F3N2OS/c1-15(2,3)11-9(7-8-10(23)12(11)16(4,5)6)13-21-22-14(24-13)17(18,19)20/h7-8,23H,1-6H3. The molecule has 2 aromatic rings. The molecule has 2 rings (SSSR count). The minimum absolute atomic E-state index is 0.136.